The van der Waals surface area contributed by atoms with Gasteiger partial charge in [0.05, 0.1) is 6.04 Å². The van der Waals surface area contributed by atoms with Crippen molar-refractivity contribution in [3.8, 4) is 0 Å². The average Bonchev–Trinajstić information content (AvgIpc) is 2.81. The first-order valence-corrected chi connectivity index (χ1v) is 9.33. The number of nitrogens with one attached hydrogen (secondary N) is 2. The van der Waals surface area contributed by atoms with Gasteiger partial charge < -0.3 is 10.6 Å². The Labute approximate surface area is 154 Å². The first-order chi connectivity index (χ1) is 12.3. The fourth-order valence-corrected chi connectivity index (χ4v) is 4.05. The summed E-state index contributed by atoms with van der Waals surface area (Å²) in [6, 6.07) is 5.46. The van der Waals surface area contributed by atoms with E-state index in [4.69, 9.17) is 0 Å². The molecule has 1 heterocycles. The van der Waals surface area contributed by atoms with E-state index in [-0.39, 0.29) is 24.4 Å². The van der Waals surface area contributed by atoms with Crippen LogP contribution in [0.3, 0.4) is 0 Å². The molecule has 2 fully saturated rings. The third-order valence-corrected chi connectivity index (χ3v) is 5.53. The Morgan fingerprint density at radius 3 is 2.62 bits per heavy atom. The van der Waals surface area contributed by atoms with Crippen LogP contribution >= 0.6 is 0 Å². The van der Waals surface area contributed by atoms with Gasteiger partial charge in [0.15, 0.2) is 0 Å². The van der Waals surface area contributed by atoms with Gasteiger partial charge in [-0.25, -0.2) is 4.79 Å². The second-order valence-electron chi connectivity index (χ2n) is 7.61. The molecule has 1 saturated carbocycles. The minimum absolute atomic E-state index is 0.188. The van der Waals surface area contributed by atoms with Crippen LogP contribution in [0.25, 0.3) is 0 Å². The number of rotatable bonds is 4. The molecule has 0 radical (unpaired) electrons. The van der Waals surface area contributed by atoms with Gasteiger partial charge in [0.25, 0.3) is 5.91 Å². The minimum Gasteiger partial charge on any atom is -0.348 e. The van der Waals surface area contributed by atoms with Gasteiger partial charge in [-0.3, -0.25) is 14.5 Å². The molecule has 1 aromatic carbocycles. The van der Waals surface area contributed by atoms with Crippen molar-refractivity contribution in [1.29, 1.82) is 0 Å². The molecular formula is C20H27N3O3. The predicted octanol–water partition coefficient (Wildman–Crippen LogP) is 2.74. The summed E-state index contributed by atoms with van der Waals surface area (Å²) in [5.41, 5.74) is 2.48. The largest absolute Gasteiger partial charge is 0.348 e. The Kier molecular flexibility index (Phi) is 5.03. The van der Waals surface area contributed by atoms with E-state index in [1.807, 2.05) is 39.0 Å². The van der Waals surface area contributed by atoms with E-state index in [1.54, 1.807) is 0 Å². The molecule has 1 spiro atoms. The number of imide groups is 1. The monoisotopic (exact) mass is 357 g/mol. The van der Waals surface area contributed by atoms with Gasteiger partial charge in [-0.1, -0.05) is 43.0 Å². The Bertz CT molecular complexity index is 738. The quantitative estimate of drug-likeness (QED) is 0.813. The molecule has 6 nitrogen and oxygen atoms in total. The molecule has 4 amide bonds. The molecule has 1 saturated heterocycles. The maximum Gasteiger partial charge on any atom is 0.325 e. The Hall–Kier alpha value is -2.37. The number of urea groups is 1. The maximum absolute atomic E-state index is 12.7. The number of hydrogen-bond donors (Lipinski definition) is 2. The number of benzene rings is 1. The van der Waals surface area contributed by atoms with Crippen LogP contribution in [0.1, 0.15) is 61.8 Å². The highest BCUT2D eigenvalue weighted by molar-refractivity contribution is 6.09. The van der Waals surface area contributed by atoms with Crippen molar-refractivity contribution in [1.82, 2.24) is 15.5 Å². The lowest BCUT2D eigenvalue weighted by atomic mass is 9.82. The predicted molar refractivity (Wildman–Crippen MR) is 98.5 cm³/mol. The third kappa shape index (κ3) is 3.45. The van der Waals surface area contributed by atoms with Gasteiger partial charge in [-0.2, -0.15) is 0 Å². The van der Waals surface area contributed by atoms with Gasteiger partial charge >= 0.3 is 6.03 Å². The Morgan fingerprint density at radius 2 is 1.92 bits per heavy atom. The number of nitrogens with zero attached hydrogens (tertiary/aromatic N) is 1. The molecule has 3 rings (SSSR count). The molecule has 26 heavy (non-hydrogen) atoms. The first-order valence-electron chi connectivity index (χ1n) is 9.33. The SMILES string of the molecule is Cc1ccc(C)c(C(C)NC(=O)CN2C(=O)NC3(CCCCC3)C2=O)c1. The number of amides is 4. The zero-order chi connectivity index (χ0) is 18.9. The number of hydrogen-bond acceptors (Lipinski definition) is 3. The smallest absolute Gasteiger partial charge is 0.325 e. The topological polar surface area (TPSA) is 78.5 Å². The Morgan fingerprint density at radius 1 is 1.23 bits per heavy atom. The van der Waals surface area contributed by atoms with E-state index in [0.29, 0.717) is 12.8 Å². The van der Waals surface area contributed by atoms with Crippen molar-refractivity contribution in [2.45, 2.75) is 64.5 Å². The summed E-state index contributed by atoms with van der Waals surface area (Å²) < 4.78 is 0. The summed E-state index contributed by atoms with van der Waals surface area (Å²) in [6.07, 6.45) is 4.26. The summed E-state index contributed by atoms with van der Waals surface area (Å²) in [6.45, 7) is 5.69. The fraction of sp³-hybridized carbons (Fsp3) is 0.550. The molecule has 6 heteroatoms. The van der Waals surface area contributed by atoms with E-state index >= 15 is 0 Å². The van der Waals surface area contributed by atoms with E-state index < -0.39 is 11.6 Å². The summed E-state index contributed by atoms with van der Waals surface area (Å²) >= 11 is 0. The highest BCUT2D eigenvalue weighted by atomic mass is 16.2. The molecule has 0 aromatic heterocycles. The normalized spacial score (nSPS) is 20.2. The van der Waals surface area contributed by atoms with Crippen LogP contribution < -0.4 is 10.6 Å². The zero-order valence-electron chi connectivity index (χ0n) is 15.7. The van der Waals surface area contributed by atoms with Crippen molar-refractivity contribution in [2.75, 3.05) is 6.54 Å². The molecule has 0 bridgehead atoms. The van der Waals surface area contributed by atoms with Crippen LogP contribution in [0.5, 0.6) is 0 Å². The van der Waals surface area contributed by atoms with E-state index in [9.17, 15) is 14.4 Å². The summed E-state index contributed by atoms with van der Waals surface area (Å²) in [5.74, 6) is -0.577. The number of aryl methyl sites for hydroxylation is 2. The molecule has 140 valence electrons. The number of carbonyl (C=O) groups is 3. The van der Waals surface area contributed by atoms with Crippen LogP contribution in [0.4, 0.5) is 4.79 Å². The van der Waals surface area contributed by atoms with Gasteiger partial charge in [0.2, 0.25) is 5.91 Å². The Balaban J connectivity index is 1.65. The van der Waals surface area contributed by atoms with Gasteiger partial charge in [-0.05, 0) is 44.7 Å². The van der Waals surface area contributed by atoms with Gasteiger partial charge in [-0.15, -0.1) is 0 Å². The molecule has 1 atom stereocenters. The standard InChI is InChI=1S/C20H27N3O3/c1-13-7-8-14(2)16(11-13)15(3)21-17(24)12-23-18(25)20(22-19(23)26)9-5-4-6-10-20/h7-8,11,15H,4-6,9-10,12H2,1-3H3,(H,21,24)(H,22,26). The lowest BCUT2D eigenvalue weighted by Crippen LogP contribution is -2.49. The maximum atomic E-state index is 12.7. The van der Waals surface area contributed by atoms with Crippen LogP contribution in [-0.4, -0.2) is 34.8 Å². The third-order valence-electron chi connectivity index (χ3n) is 5.53. The molecule has 1 aromatic rings. The molecule has 1 aliphatic carbocycles. The zero-order valence-corrected chi connectivity index (χ0v) is 15.7. The minimum atomic E-state index is -0.783. The lowest BCUT2D eigenvalue weighted by molar-refractivity contribution is -0.136. The molecule has 1 aliphatic heterocycles. The second kappa shape index (κ2) is 7.09. The highest BCUT2D eigenvalue weighted by Gasteiger charge is 2.51. The van der Waals surface area contributed by atoms with Crippen molar-refractivity contribution >= 4 is 17.8 Å². The van der Waals surface area contributed by atoms with Crippen LogP contribution in [0, 0.1) is 13.8 Å². The van der Waals surface area contributed by atoms with Crippen molar-refractivity contribution in [3.63, 3.8) is 0 Å². The highest BCUT2D eigenvalue weighted by Crippen LogP contribution is 2.33. The van der Waals surface area contributed by atoms with E-state index in [0.717, 1.165) is 40.9 Å². The summed E-state index contributed by atoms with van der Waals surface area (Å²) in [5, 5.41) is 5.74. The fourth-order valence-electron chi connectivity index (χ4n) is 4.05. The summed E-state index contributed by atoms with van der Waals surface area (Å²) in [7, 11) is 0. The van der Waals surface area contributed by atoms with E-state index in [1.165, 1.54) is 0 Å². The van der Waals surface area contributed by atoms with Crippen LogP contribution in [-0.2, 0) is 9.59 Å². The summed E-state index contributed by atoms with van der Waals surface area (Å²) in [4.78, 5) is 38.5. The second-order valence-corrected chi connectivity index (χ2v) is 7.61. The van der Waals surface area contributed by atoms with Crippen molar-refractivity contribution < 1.29 is 14.4 Å². The molecule has 2 N–H and O–H groups in total. The van der Waals surface area contributed by atoms with Crippen molar-refractivity contribution in [2.24, 2.45) is 0 Å². The van der Waals surface area contributed by atoms with E-state index in [2.05, 4.69) is 10.6 Å². The van der Waals surface area contributed by atoms with Gasteiger partial charge in [0.1, 0.15) is 12.1 Å². The first kappa shape index (κ1) is 18.4. The van der Waals surface area contributed by atoms with Gasteiger partial charge in [0, 0.05) is 0 Å². The molecule has 2 aliphatic rings. The van der Waals surface area contributed by atoms with Crippen molar-refractivity contribution in [3.05, 3.63) is 34.9 Å². The number of carbonyl (C=O) groups excluding carboxylic acids is 3. The van der Waals surface area contributed by atoms with Crippen LogP contribution in [0.15, 0.2) is 18.2 Å². The lowest BCUT2D eigenvalue weighted by Gasteiger charge is -2.30. The van der Waals surface area contributed by atoms with Crippen LogP contribution in [0.2, 0.25) is 0 Å². The average molecular weight is 357 g/mol. The molecule has 1 unspecified atom stereocenters. The molecular weight excluding hydrogens is 330 g/mol.